The number of nitrogens with one attached hydrogen (secondary N) is 1. The molecule has 0 fully saturated rings. The number of hydrogen-bond donors (Lipinski definition) is 1. The lowest BCUT2D eigenvalue weighted by Gasteiger charge is -2.13. The highest BCUT2D eigenvalue weighted by molar-refractivity contribution is 6.35. The Hall–Kier alpha value is -0.400. The fourth-order valence-electron chi connectivity index (χ4n) is 1.21. The van der Waals surface area contributed by atoms with Gasteiger partial charge in [0.25, 0.3) is 0 Å². The molecule has 0 saturated heterocycles. The summed E-state index contributed by atoms with van der Waals surface area (Å²) in [7, 11) is 0. The van der Waals surface area contributed by atoms with Gasteiger partial charge in [0.1, 0.15) is 0 Å². The number of hydrogen-bond acceptors (Lipinski definition) is 1. The maximum Gasteiger partial charge on any atom is 0.0641 e. The van der Waals surface area contributed by atoms with E-state index in [1.54, 1.807) is 0 Å². The van der Waals surface area contributed by atoms with Gasteiger partial charge < -0.3 is 5.32 Å². The molecule has 3 heteroatoms. The molecule has 1 atom stereocenters. The molecule has 0 aliphatic rings. The van der Waals surface area contributed by atoms with Crippen molar-refractivity contribution in [1.29, 1.82) is 0 Å². The highest BCUT2D eigenvalue weighted by Gasteiger charge is 2.05. The van der Waals surface area contributed by atoms with Crippen molar-refractivity contribution in [3.63, 3.8) is 0 Å². The van der Waals surface area contributed by atoms with E-state index in [-0.39, 0.29) is 0 Å². The predicted molar refractivity (Wildman–Crippen MR) is 69.1 cm³/mol. The summed E-state index contributed by atoms with van der Waals surface area (Å²) in [5.74, 6) is 0.640. The van der Waals surface area contributed by atoms with E-state index >= 15 is 0 Å². The van der Waals surface area contributed by atoms with Gasteiger partial charge in [-0.1, -0.05) is 43.5 Å². The highest BCUT2D eigenvalue weighted by Crippen LogP contribution is 2.28. The van der Waals surface area contributed by atoms with Gasteiger partial charge in [0.05, 0.1) is 10.7 Å². The fourth-order valence-corrected chi connectivity index (χ4v) is 1.66. The minimum Gasteiger partial charge on any atom is -0.384 e. The van der Waals surface area contributed by atoms with Crippen molar-refractivity contribution in [2.24, 2.45) is 5.92 Å². The number of benzene rings is 1. The van der Waals surface area contributed by atoms with E-state index in [1.165, 1.54) is 0 Å². The molecule has 0 heterocycles. The van der Waals surface area contributed by atoms with Gasteiger partial charge in [-0.2, -0.15) is 0 Å². The van der Waals surface area contributed by atoms with Crippen LogP contribution >= 0.6 is 23.2 Å². The first-order chi connectivity index (χ1) is 7.04. The van der Waals surface area contributed by atoms with E-state index in [9.17, 15) is 0 Å². The quantitative estimate of drug-likeness (QED) is 0.807. The zero-order valence-electron chi connectivity index (χ0n) is 9.40. The molecule has 1 rings (SSSR count). The molecule has 0 radical (unpaired) electrons. The highest BCUT2D eigenvalue weighted by atomic mass is 35.5. The summed E-state index contributed by atoms with van der Waals surface area (Å²) in [6.45, 7) is 7.26. The predicted octanol–water partition coefficient (Wildman–Crippen LogP) is 4.76. The molecule has 84 valence electrons. The van der Waals surface area contributed by atoms with E-state index in [0.717, 1.165) is 34.3 Å². The summed E-state index contributed by atoms with van der Waals surface area (Å²) in [5, 5.41) is 4.81. The Morgan fingerprint density at radius 3 is 2.53 bits per heavy atom. The third-order valence-electron chi connectivity index (χ3n) is 2.59. The second-order valence-electron chi connectivity index (χ2n) is 3.98. The molecule has 1 aromatic rings. The lowest BCUT2D eigenvalue weighted by molar-refractivity contribution is 0.593. The van der Waals surface area contributed by atoms with E-state index < -0.39 is 0 Å². The second-order valence-corrected chi connectivity index (χ2v) is 4.79. The first kappa shape index (κ1) is 12.7. The molecular formula is C12H17Cl2N. The van der Waals surface area contributed by atoms with Gasteiger partial charge >= 0.3 is 0 Å². The Kier molecular flexibility index (Phi) is 4.75. The zero-order chi connectivity index (χ0) is 11.4. The third kappa shape index (κ3) is 3.58. The van der Waals surface area contributed by atoms with Crippen molar-refractivity contribution >= 4 is 28.9 Å². The molecule has 0 aromatic heterocycles. The molecule has 0 aliphatic heterocycles. The van der Waals surface area contributed by atoms with Gasteiger partial charge in [0.2, 0.25) is 0 Å². The van der Waals surface area contributed by atoms with Crippen molar-refractivity contribution in [2.45, 2.75) is 27.2 Å². The molecule has 0 saturated carbocycles. The monoisotopic (exact) mass is 245 g/mol. The second kappa shape index (κ2) is 5.62. The van der Waals surface area contributed by atoms with Gasteiger partial charge in [-0.15, -0.1) is 0 Å². The summed E-state index contributed by atoms with van der Waals surface area (Å²) in [4.78, 5) is 0. The van der Waals surface area contributed by atoms with E-state index in [0.29, 0.717) is 5.92 Å². The summed E-state index contributed by atoms with van der Waals surface area (Å²) < 4.78 is 0. The zero-order valence-corrected chi connectivity index (χ0v) is 10.9. The number of halogens is 2. The Morgan fingerprint density at radius 2 is 1.93 bits per heavy atom. The standard InChI is InChI=1S/C12H17Cl2N/c1-4-8(2)7-15-12-6-10(13)9(3)5-11(12)14/h5-6,8,15H,4,7H2,1-3H3. The molecule has 1 unspecified atom stereocenters. The van der Waals surface area contributed by atoms with Crippen LogP contribution in [-0.4, -0.2) is 6.54 Å². The van der Waals surface area contributed by atoms with Crippen molar-refractivity contribution in [3.8, 4) is 0 Å². The minimum absolute atomic E-state index is 0.640. The van der Waals surface area contributed by atoms with Crippen LogP contribution in [0.5, 0.6) is 0 Å². The molecule has 1 N–H and O–H groups in total. The van der Waals surface area contributed by atoms with Crippen LogP contribution < -0.4 is 5.32 Å². The van der Waals surface area contributed by atoms with Crippen LogP contribution in [0.2, 0.25) is 10.0 Å². The molecular weight excluding hydrogens is 229 g/mol. The van der Waals surface area contributed by atoms with Gasteiger partial charge in [0.15, 0.2) is 0 Å². The average Bonchev–Trinajstić information content (AvgIpc) is 2.21. The Balaban J connectivity index is 2.73. The van der Waals surface area contributed by atoms with Crippen molar-refractivity contribution < 1.29 is 0 Å². The maximum atomic E-state index is 6.11. The van der Waals surface area contributed by atoms with Crippen LogP contribution in [-0.2, 0) is 0 Å². The van der Waals surface area contributed by atoms with Crippen LogP contribution in [0.3, 0.4) is 0 Å². The van der Waals surface area contributed by atoms with Crippen LogP contribution in [0.4, 0.5) is 5.69 Å². The Morgan fingerprint density at radius 1 is 1.27 bits per heavy atom. The SMILES string of the molecule is CCC(C)CNc1cc(Cl)c(C)cc1Cl. The van der Waals surface area contributed by atoms with Crippen LogP contribution in [0.15, 0.2) is 12.1 Å². The largest absolute Gasteiger partial charge is 0.384 e. The Bertz CT molecular complexity index is 337. The Labute approximate surface area is 102 Å². The van der Waals surface area contributed by atoms with Crippen molar-refractivity contribution in [3.05, 3.63) is 27.7 Å². The van der Waals surface area contributed by atoms with Gasteiger partial charge in [0, 0.05) is 11.6 Å². The van der Waals surface area contributed by atoms with Crippen LogP contribution in [0, 0.1) is 12.8 Å². The molecule has 1 aromatic carbocycles. The summed E-state index contributed by atoms with van der Waals surface area (Å²) in [6, 6.07) is 3.78. The molecule has 1 nitrogen and oxygen atoms in total. The van der Waals surface area contributed by atoms with Crippen molar-refractivity contribution in [2.75, 3.05) is 11.9 Å². The first-order valence-corrected chi connectivity index (χ1v) is 5.99. The van der Waals surface area contributed by atoms with E-state index in [1.807, 2.05) is 19.1 Å². The lowest BCUT2D eigenvalue weighted by atomic mass is 10.1. The third-order valence-corrected chi connectivity index (χ3v) is 3.31. The minimum atomic E-state index is 0.640. The summed E-state index contributed by atoms with van der Waals surface area (Å²) in [6.07, 6.45) is 1.16. The van der Waals surface area contributed by atoms with Gasteiger partial charge in [-0.05, 0) is 30.5 Å². The van der Waals surface area contributed by atoms with E-state index in [4.69, 9.17) is 23.2 Å². The lowest BCUT2D eigenvalue weighted by Crippen LogP contribution is -2.10. The number of rotatable bonds is 4. The summed E-state index contributed by atoms with van der Waals surface area (Å²) >= 11 is 12.1. The summed E-state index contributed by atoms with van der Waals surface area (Å²) in [5.41, 5.74) is 1.93. The normalized spacial score (nSPS) is 12.6. The maximum absolute atomic E-state index is 6.11. The molecule has 0 amide bonds. The molecule has 0 bridgehead atoms. The fraction of sp³-hybridized carbons (Fsp3) is 0.500. The van der Waals surface area contributed by atoms with Crippen molar-refractivity contribution in [1.82, 2.24) is 0 Å². The molecule has 0 spiro atoms. The van der Waals surface area contributed by atoms with Gasteiger partial charge in [-0.25, -0.2) is 0 Å². The number of anilines is 1. The average molecular weight is 246 g/mol. The van der Waals surface area contributed by atoms with Crippen LogP contribution in [0.1, 0.15) is 25.8 Å². The molecule has 0 aliphatic carbocycles. The number of aryl methyl sites for hydroxylation is 1. The van der Waals surface area contributed by atoms with Crippen LogP contribution in [0.25, 0.3) is 0 Å². The molecule has 15 heavy (non-hydrogen) atoms. The smallest absolute Gasteiger partial charge is 0.0641 e. The van der Waals surface area contributed by atoms with E-state index in [2.05, 4.69) is 19.2 Å². The topological polar surface area (TPSA) is 12.0 Å². The first-order valence-electron chi connectivity index (χ1n) is 5.24. The van der Waals surface area contributed by atoms with Gasteiger partial charge in [-0.3, -0.25) is 0 Å².